The van der Waals surface area contributed by atoms with Gasteiger partial charge in [-0.2, -0.15) is 0 Å². The summed E-state index contributed by atoms with van der Waals surface area (Å²) in [6.07, 6.45) is 5.02. The lowest BCUT2D eigenvalue weighted by molar-refractivity contribution is 0.618. The van der Waals surface area contributed by atoms with Gasteiger partial charge in [0, 0.05) is 11.8 Å². The molecular weight excluding hydrogens is 201 g/mol. The van der Waals surface area contributed by atoms with Gasteiger partial charge in [-0.15, -0.1) is 0 Å². The van der Waals surface area contributed by atoms with Crippen molar-refractivity contribution in [3.05, 3.63) is 53.9 Å². The molecule has 0 aromatic heterocycles. The first kappa shape index (κ1) is 14.3. The molecule has 0 fully saturated rings. The molecule has 0 aliphatic heterocycles. The standard InChI is InChI=1S/C13H14FN.CH4/c1-4-8-15-13(5-2)11-7-6-10(3)12(14)9-11;/h4-9H,1H2,2-3H3;1H4/b13-5-,15-8?;. The van der Waals surface area contributed by atoms with E-state index in [1.165, 1.54) is 6.07 Å². The van der Waals surface area contributed by atoms with Crippen molar-refractivity contribution in [1.29, 1.82) is 0 Å². The number of nitrogens with zero attached hydrogens (tertiary/aromatic N) is 1. The lowest BCUT2D eigenvalue weighted by Crippen LogP contribution is -1.87. The number of allylic oxidation sites excluding steroid dienone is 2. The van der Waals surface area contributed by atoms with Crippen molar-refractivity contribution in [3.8, 4) is 0 Å². The van der Waals surface area contributed by atoms with Crippen LogP contribution in [0, 0.1) is 12.7 Å². The average Bonchev–Trinajstić information content (AvgIpc) is 2.24. The van der Waals surface area contributed by atoms with E-state index in [2.05, 4.69) is 11.6 Å². The number of benzene rings is 1. The lowest BCUT2D eigenvalue weighted by atomic mass is 10.1. The summed E-state index contributed by atoms with van der Waals surface area (Å²) in [4.78, 5) is 4.15. The van der Waals surface area contributed by atoms with Crippen molar-refractivity contribution in [3.63, 3.8) is 0 Å². The molecule has 0 bridgehead atoms. The Hall–Kier alpha value is -1.70. The van der Waals surface area contributed by atoms with E-state index >= 15 is 0 Å². The van der Waals surface area contributed by atoms with E-state index in [0.29, 0.717) is 5.56 Å². The monoisotopic (exact) mass is 219 g/mol. The molecule has 1 rings (SSSR count). The smallest absolute Gasteiger partial charge is 0.126 e. The Morgan fingerprint density at radius 1 is 1.44 bits per heavy atom. The number of hydrogen-bond acceptors (Lipinski definition) is 1. The highest BCUT2D eigenvalue weighted by Gasteiger charge is 2.02. The fraction of sp³-hybridized carbons (Fsp3) is 0.214. The zero-order valence-electron chi connectivity index (χ0n) is 9.00. The summed E-state index contributed by atoms with van der Waals surface area (Å²) in [6.45, 7) is 7.15. The van der Waals surface area contributed by atoms with E-state index in [0.717, 1.165) is 11.3 Å². The van der Waals surface area contributed by atoms with Gasteiger partial charge in [-0.05, 0) is 25.5 Å². The van der Waals surface area contributed by atoms with Gasteiger partial charge in [-0.1, -0.05) is 38.3 Å². The van der Waals surface area contributed by atoms with Gasteiger partial charge in [-0.25, -0.2) is 4.39 Å². The summed E-state index contributed by atoms with van der Waals surface area (Å²) in [6, 6.07) is 5.09. The van der Waals surface area contributed by atoms with Crippen LogP contribution in [0.15, 0.2) is 41.9 Å². The third kappa shape index (κ3) is 3.46. The largest absolute Gasteiger partial charge is 0.257 e. The Morgan fingerprint density at radius 3 is 2.62 bits per heavy atom. The highest BCUT2D eigenvalue weighted by molar-refractivity contribution is 5.79. The maximum absolute atomic E-state index is 13.3. The highest BCUT2D eigenvalue weighted by atomic mass is 19.1. The number of aliphatic imine (C=N–C) groups is 1. The molecule has 86 valence electrons. The topological polar surface area (TPSA) is 12.4 Å². The molecule has 16 heavy (non-hydrogen) atoms. The molecule has 2 heteroatoms. The molecule has 0 saturated heterocycles. The van der Waals surface area contributed by atoms with Gasteiger partial charge in [0.2, 0.25) is 0 Å². The molecule has 0 aliphatic carbocycles. The average molecular weight is 219 g/mol. The Kier molecular flexibility index (Phi) is 6.01. The van der Waals surface area contributed by atoms with E-state index in [-0.39, 0.29) is 13.2 Å². The van der Waals surface area contributed by atoms with Crippen molar-refractivity contribution in [2.75, 3.05) is 0 Å². The van der Waals surface area contributed by atoms with Crippen molar-refractivity contribution >= 4 is 11.9 Å². The van der Waals surface area contributed by atoms with Gasteiger partial charge in [0.05, 0.1) is 5.70 Å². The van der Waals surface area contributed by atoms with Gasteiger partial charge in [0.15, 0.2) is 0 Å². The Bertz CT molecular complexity index is 417. The minimum Gasteiger partial charge on any atom is -0.257 e. The van der Waals surface area contributed by atoms with Crippen LogP contribution in [-0.4, -0.2) is 6.21 Å². The zero-order valence-corrected chi connectivity index (χ0v) is 9.00. The molecular formula is C14H18FN. The van der Waals surface area contributed by atoms with E-state index in [1.807, 2.05) is 19.1 Å². The summed E-state index contributed by atoms with van der Waals surface area (Å²) in [5.74, 6) is -0.208. The van der Waals surface area contributed by atoms with E-state index in [4.69, 9.17) is 0 Å². The number of halogens is 1. The summed E-state index contributed by atoms with van der Waals surface area (Å²) in [5, 5.41) is 0. The second-order valence-corrected chi connectivity index (χ2v) is 3.15. The normalized spacial score (nSPS) is 11.3. The minimum absolute atomic E-state index is 0. The SMILES string of the molecule is C.C=CC=N/C(=C\C)c1ccc(C)c(F)c1. The van der Waals surface area contributed by atoms with Crippen molar-refractivity contribution in [2.24, 2.45) is 4.99 Å². The second-order valence-electron chi connectivity index (χ2n) is 3.15. The molecule has 0 aliphatic rings. The molecule has 0 heterocycles. The third-order valence-corrected chi connectivity index (χ3v) is 2.06. The maximum Gasteiger partial charge on any atom is 0.126 e. The van der Waals surface area contributed by atoms with Crippen LogP contribution in [0.3, 0.4) is 0 Å². The first-order chi connectivity index (χ1) is 7.19. The Balaban J connectivity index is 0.00000225. The van der Waals surface area contributed by atoms with Crippen LogP contribution in [0.4, 0.5) is 4.39 Å². The number of hydrogen-bond donors (Lipinski definition) is 0. The van der Waals surface area contributed by atoms with Crippen molar-refractivity contribution < 1.29 is 4.39 Å². The molecule has 0 atom stereocenters. The maximum atomic E-state index is 13.3. The molecule has 1 aromatic carbocycles. The summed E-state index contributed by atoms with van der Waals surface area (Å²) >= 11 is 0. The van der Waals surface area contributed by atoms with Crippen LogP contribution in [0.25, 0.3) is 5.70 Å². The molecule has 0 amide bonds. The summed E-state index contributed by atoms with van der Waals surface area (Å²) in [5.41, 5.74) is 2.16. The first-order valence-corrected chi connectivity index (χ1v) is 4.77. The van der Waals surface area contributed by atoms with Crippen LogP contribution >= 0.6 is 0 Å². The number of rotatable bonds is 3. The second kappa shape index (κ2) is 6.72. The van der Waals surface area contributed by atoms with Gasteiger partial charge < -0.3 is 0 Å². The van der Waals surface area contributed by atoms with E-state index in [9.17, 15) is 4.39 Å². The minimum atomic E-state index is -0.208. The van der Waals surface area contributed by atoms with Crippen LogP contribution < -0.4 is 0 Å². The fourth-order valence-electron chi connectivity index (χ4n) is 1.20. The quantitative estimate of drug-likeness (QED) is 0.669. The number of aryl methyl sites for hydroxylation is 1. The van der Waals surface area contributed by atoms with Gasteiger partial charge in [0.25, 0.3) is 0 Å². The lowest BCUT2D eigenvalue weighted by Gasteiger charge is -2.03. The summed E-state index contributed by atoms with van der Waals surface area (Å²) in [7, 11) is 0. The van der Waals surface area contributed by atoms with E-state index < -0.39 is 0 Å². The molecule has 1 aromatic rings. The highest BCUT2D eigenvalue weighted by Crippen LogP contribution is 2.18. The van der Waals surface area contributed by atoms with Crippen LogP contribution in [-0.2, 0) is 0 Å². The first-order valence-electron chi connectivity index (χ1n) is 4.77. The van der Waals surface area contributed by atoms with Crippen LogP contribution in [0.2, 0.25) is 0 Å². The van der Waals surface area contributed by atoms with Crippen LogP contribution in [0.1, 0.15) is 25.5 Å². The molecule has 0 spiro atoms. The molecule has 0 N–H and O–H groups in total. The molecule has 0 radical (unpaired) electrons. The predicted octanol–water partition coefficient (Wildman–Crippen LogP) is 4.39. The van der Waals surface area contributed by atoms with Crippen molar-refractivity contribution in [2.45, 2.75) is 21.3 Å². The fourth-order valence-corrected chi connectivity index (χ4v) is 1.20. The van der Waals surface area contributed by atoms with Gasteiger partial charge in [0.1, 0.15) is 5.82 Å². The summed E-state index contributed by atoms with van der Waals surface area (Å²) < 4.78 is 13.3. The molecule has 0 saturated carbocycles. The Labute approximate surface area is 97.0 Å². The Morgan fingerprint density at radius 2 is 2.12 bits per heavy atom. The molecule has 0 unspecified atom stereocenters. The molecule has 1 nitrogen and oxygen atoms in total. The zero-order chi connectivity index (χ0) is 11.3. The van der Waals surface area contributed by atoms with Crippen LogP contribution in [0.5, 0.6) is 0 Å². The van der Waals surface area contributed by atoms with E-state index in [1.54, 1.807) is 25.3 Å². The van der Waals surface area contributed by atoms with Gasteiger partial charge >= 0.3 is 0 Å². The predicted molar refractivity (Wildman–Crippen MR) is 70.2 cm³/mol. The van der Waals surface area contributed by atoms with Gasteiger partial charge in [-0.3, -0.25) is 4.99 Å². The van der Waals surface area contributed by atoms with Crippen molar-refractivity contribution in [1.82, 2.24) is 0 Å². The third-order valence-electron chi connectivity index (χ3n) is 2.06.